The molecule has 4 saturated carbocycles. The Morgan fingerprint density at radius 2 is 1.44 bits per heavy atom. The van der Waals surface area contributed by atoms with Crippen molar-refractivity contribution in [3.8, 4) is 0 Å². The fourth-order valence-electron chi connectivity index (χ4n) is 6.12. The van der Waals surface area contributed by atoms with Gasteiger partial charge in [-0.25, -0.2) is 5.43 Å². The minimum atomic E-state index is 0.109. The maximum atomic E-state index is 12.1. The highest BCUT2D eigenvalue weighted by Crippen LogP contribution is 2.60. The van der Waals surface area contributed by atoms with Crippen molar-refractivity contribution >= 4 is 11.6 Å². The van der Waals surface area contributed by atoms with Gasteiger partial charge in [-0.3, -0.25) is 4.79 Å². The van der Waals surface area contributed by atoms with Crippen LogP contribution in [0.15, 0.2) is 5.10 Å². The molecule has 0 heterocycles. The van der Waals surface area contributed by atoms with Crippen LogP contribution in [0.25, 0.3) is 0 Å². The van der Waals surface area contributed by atoms with Crippen LogP contribution < -0.4 is 5.43 Å². The summed E-state index contributed by atoms with van der Waals surface area (Å²) in [7, 11) is 0. The number of hydrogen-bond acceptors (Lipinski definition) is 2. The predicted octanol–water partition coefficient (Wildman–Crippen LogP) is 5.84. The van der Waals surface area contributed by atoms with E-state index in [4.69, 9.17) is 0 Å². The monoisotopic (exact) mass is 346 g/mol. The summed E-state index contributed by atoms with van der Waals surface area (Å²) in [5.74, 6) is 2.90. The van der Waals surface area contributed by atoms with Gasteiger partial charge in [0.2, 0.25) is 5.91 Å². The summed E-state index contributed by atoms with van der Waals surface area (Å²) in [5, 5.41) is 4.57. The van der Waals surface area contributed by atoms with Gasteiger partial charge in [-0.05, 0) is 69.6 Å². The third-order valence-corrected chi connectivity index (χ3v) is 7.16. The first-order valence-corrected chi connectivity index (χ1v) is 10.9. The molecule has 0 aromatic carbocycles. The van der Waals surface area contributed by atoms with E-state index in [1.54, 1.807) is 0 Å². The maximum absolute atomic E-state index is 12.1. The van der Waals surface area contributed by atoms with Gasteiger partial charge >= 0.3 is 0 Å². The SMILES string of the molecule is CCCCCCCCCC(=O)NN=C(C)C12CC3CC(CC(C3)C1)C2. The van der Waals surface area contributed by atoms with Crippen LogP contribution in [0.5, 0.6) is 0 Å². The van der Waals surface area contributed by atoms with Gasteiger partial charge in [0.25, 0.3) is 0 Å². The van der Waals surface area contributed by atoms with Crippen LogP contribution >= 0.6 is 0 Å². The first kappa shape index (κ1) is 18.9. The van der Waals surface area contributed by atoms with Gasteiger partial charge in [-0.1, -0.05) is 45.4 Å². The molecule has 0 radical (unpaired) electrons. The highest BCUT2D eigenvalue weighted by atomic mass is 16.2. The van der Waals surface area contributed by atoms with Gasteiger partial charge in [-0.15, -0.1) is 0 Å². The smallest absolute Gasteiger partial charge is 0.240 e. The summed E-state index contributed by atoms with van der Waals surface area (Å²) in [6.45, 7) is 4.41. The Morgan fingerprint density at radius 3 is 2.00 bits per heavy atom. The maximum Gasteiger partial charge on any atom is 0.240 e. The van der Waals surface area contributed by atoms with Crippen LogP contribution in [0.3, 0.4) is 0 Å². The molecule has 25 heavy (non-hydrogen) atoms. The van der Waals surface area contributed by atoms with Crippen molar-refractivity contribution in [3.05, 3.63) is 0 Å². The number of carbonyl (C=O) groups excluding carboxylic acids is 1. The third-order valence-electron chi connectivity index (χ3n) is 7.16. The van der Waals surface area contributed by atoms with E-state index in [-0.39, 0.29) is 5.91 Å². The standard InChI is InChI=1S/C22H38N2O/c1-3-4-5-6-7-8-9-10-21(25)24-23-17(2)22-14-18-11-19(15-22)13-20(12-18)16-22/h18-20H,3-16H2,1-2H3,(H,24,25). The fraction of sp³-hybridized carbons (Fsp3) is 0.909. The molecule has 4 bridgehead atoms. The highest BCUT2D eigenvalue weighted by Gasteiger charge is 2.52. The molecular weight excluding hydrogens is 308 g/mol. The zero-order chi connectivity index (χ0) is 17.7. The second-order valence-corrected chi connectivity index (χ2v) is 9.30. The lowest BCUT2D eigenvalue weighted by molar-refractivity contribution is -0.121. The zero-order valence-corrected chi connectivity index (χ0v) is 16.5. The molecule has 0 aliphatic heterocycles. The summed E-state index contributed by atoms with van der Waals surface area (Å²) >= 11 is 0. The quantitative estimate of drug-likeness (QED) is 0.301. The van der Waals surface area contributed by atoms with Crippen LogP contribution in [0.4, 0.5) is 0 Å². The fourth-order valence-corrected chi connectivity index (χ4v) is 6.12. The number of nitrogens with one attached hydrogen (secondary N) is 1. The van der Waals surface area contributed by atoms with Crippen LogP contribution in [0.2, 0.25) is 0 Å². The summed E-state index contributed by atoms with van der Waals surface area (Å²) in [5.41, 5.74) is 4.40. The minimum Gasteiger partial charge on any atom is -0.273 e. The Bertz CT molecular complexity index is 447. The predicted molar refractivity (Wildman–Crippen MR) is 104 cm³/mol. The molecule has 0 spiro atoms. The number of carbonyl (C=O) groups is 1. The van der Waals surface area contributed by atoms with Gasteiger partial charge in [0.15, 0.2) is 0 Å². The van der Waals surface area contributed by atoms with Crippen molar-refractivity contribution in [2.24, 2.45) is 28.3 Å². The molecule has 3 nitrogen and oxygen atoms in total. The molecule has 1 amide bonds. The van der Waals surface area contributed by atoms with Crippen molar-refractivity contribution in [1.29, 1.82) is 0 Å². The molecule has 4 aliphatic carbocycles. The third kappa shape index (κ3) is 4.86. The molecule has 142 valence electrons. The van der Waals surface area contributed by atoms with Crippen LogP contribution in [0, 0.1) is 23.2 Å². The summed E-state index contributed by atoms with van der Waals surface area (Å²) in [4.78, 5) is 12.1. The van der Waals surface area contributed by atoms with Gasteiger partial charge in [-0.2, -0.15) is 5.10 Å². The number of hydrazone groups is 1. The van der Waals surface area contributed by atoms with Gasteiger partial charge < -0.3 is 0 Å². The highest BCUT2D eigenvalue weighted by molar-refractivity contribution is 5.89. The molecular formula is C22H38N2O. The lowest BCUT2D eigenvalue weighted by Gasteiger charge is -2.56. The van der Waals surface area contributed by atoms with E-state index in [0.29, 0.717) is 11.8 Å². The van der Waals surface area contributed by atoms with Crippen molar-refractivity contribution in [3.63, 3.8) is 0 Å². The molecule has 0 unspecified atom stereocenters. The van der Waals surface area contributed by atoms with Crippen molar-refractivity contribution in [2.45, 2.75) is 104 Å². The van der Waals surface area contributed by atoms with Crippen molar-refractivity contribution in [1.82, 2.24) is 5.43 Å². The summed E-state index contributed by atoms with van der Waals surface area (Å²) < 4.78 is 0. The largest absolute Gasteiger partial charge is 0.273 e. The first-order chi connectivity index (χ1) is 12.1. The molecule has 4 fully saturated rings. The van der Waals surface area contributed by atoms with E-state index in [9.17, 15) is 4.79 Å². The van der Waals surface area contributed by atoms with E-state index >= 15 is 0 Å². The van der Waals surface area contributed by atoms with Crippen LogP contribution in [-0.2, 0) is 4.79 Å². The van der Waals surface area contributed by atoms with Crippen LogP contribution in [-0.4, -0.2) is 11.6 Å². The molecule has 3 heteroatoms. The molecule has 0 aromatic heterocycles. The van der Waals surface area contributed by atoms with Crippen molar-refractivity contribution < 1.29 is 4.79 Å². The second kappa shape index (κ2) is 8.68. The number of rotatable bonds is 10. The second-order valence-electron chi connectivity index (χ2n) is 9.30. The molecule has 4 aliphatic rings. The van der Waals surface area contributed by atoms with Gasteiger partial charge in [0.1, 0.15) is 0 Å². The molecule has 0 aromatic rings. The number of hydrogen-bond donors (Lipinski definition) is 1. The Labute approximate surface area is 154 Å². The van der Waals surface area contributed by atoms with E-state index in [1.165, 1.54) is 82.8 Å². The van der Waals surface area contributed by atoms with Gasteiger partial charge in [0.05, 0.1) is 0 Å². The first-order valence-electron chi connectivity index (χ1n) is 10.9. The summed E-state index contributed by atoms with van der Waals surface area (Å²) in [6, 6.07) is 0. The Balaban J connectivity index is 1.37. The molecule has 4 rings (SSSR count). The zero-order valence-electron chi connectivity index (χ0n) is 16.5. The van der Waals surface area contributed by atoms with E-state index in [1.807, 2.05) is 0 Å². The lowest BCUT2D eigenvalue weighted by atomic mass is 9.48. The number of unbranched alkanes of at least 4 members (excludes halogenated alkanes) is 6. The Morgan fingerprint density at radius 1 is 0.920 bits per heavy atom. The summed E-state index contributed by atoms with van der Waals surface area (Å²) in [6.07, 6.45) is 17.7. The molecule has 0 saturated heterocycles. The number of amides is 1. The number of nitrogens with zero attached hydrogens (tertiary/aromatic N) is 1. The Kier molecular flexibility index (Phi) is 6.57. The minimum absolute atomic E-state index is 0.109. The molecule has 0 atom stereocenters. The van der Waals surface area contributed by atoms with Gasteiger partial charge in [0, 0.05) is 17.5 Å². The van der Waals surface area contributed by atoms with E-state index < -0.39 is 0 Å². The van der Waals surface area contributed by atoms with Crippen molar-refractivity contribution in [2.75, 3.05) is 0 Å². The average Bonchev–Trinajstić information content (AvgIpc) is 2.57. The average molecular weight is 347 g/mol. The van der Waals surface area contributed by atoms with E-state index in [2.05, 4.69) is 24.4 Å². The topological polar surface area (TPSA) is 41.5 Å². The molecule has 1 N–H and O–H groups in total. The normalized spacial score (nSPS) is 33.7. The van der Waals surface area contributed by atoms with E-state index in [0.717, 1.165) is 24.2 Å². The Hall–Kier alpha value is -0.860. The van der Waals surface area contributed by atoms with Crippen LogP contribution in [0.1, 0.15) is 104 Å². The lowest BCUT2D eigenvalue weighted by Crippen LogP contribution is -2.49.